The molecule has 0 aliphatic heterocycles. The number of hydrogen-bond acceptors (Lipinski definition) is 3. The lowest BCUT2D eigenvalue weighted by Crippen LogP contribution is -2.02. The van der Waals surface area contributed by atoms with Gasteiger partial charge in [0.05, 0.1) is 5.02 Å². The maximum atomic E-state index is 9.30. The highest BCUT2D eigenvalue weighted by Crippen LogP contribution is 2.30. The van der Waals surface area contributed by atoms with E-state index in [0.29, 0.717) is 18.5 Å². The van der Waals surface area contributed by atoms with Gasteiger partial charge in [-0.1, -0.05) is 11.6 Å². The van der Waals surface area contributed by atoms with Gasteiger partial charge in [0.1, 0.15) is 11.5 Å². The topological polar surface area (TPSA) is 66.5 Å². The highest BCUT2D eigenvalue weighted by molar-refractivity contribution is 6.32. The Morgan fingerprint density at radius 1 is 1.23 bits per heavy atom. The van der Waals surface area contributed by atoms with Crippen molar-refractivity contribution in [1.29, 1.82) is 0 Å². The Balaban J connectivity index is 0.00000144. The molecule has 74 valence electrons. The van der Waals surface area contributed by atoms with Gasteiger partial charge in [-0.05, 0) is 24.6 Å². The molecule has 3 nitrogen and oxygen atoms in total. The fraction of sp³-hybridized carbons (Fsp3) is 0.250. The minimum Gasteiger partial charge on any atom is -0.508 e. The van der Waals surface area contributed by atoms with Crippen LogP contribution in [-0.2, 0) is 6.42 Å². The quantitative estimate of drug-likeness (QED) is 0.669. The van der Waals surface area contributed by atoms with Crippen LogP contribution in [0.25, 0.3) is 0 Å². The number of phenols is 2. The summed E-state index contributed by atoms with van der Waals surface area (Å²) in [6.45, 7) is 0.425. The summed E-state index contributed by atoms with van der Waals surface area (Å²) in [4.78, 5) is 0. The Morgan fingerprint density at radius 2 is 1.85 bits per heavy atom. The first-order valence-electron chi connectivity index (χ1n) is 3.55. The largest absolute Gasteiger partial charge is 0.508 e. The Kier molecular flexibility index (Phi) is 4.91. The molecule has 0 fully saturated rings. The molecule has 0 spiro atoms. The third-order valence-electron chi connectivity index (χ3n) is 1.56. The molecule has 0 amide bonds. The minimum absolute atomic E-state index is 0. The molecule has 0 saturated carbocycles. The summed E-state index contributed by atoms with van der Waals surface area (Å²) in [5.74, 6) is 0.0427. The van der Waals surface area contributed by atoms with Gasteiger partial charge >= 0.3 is 0 Å². The Morgan fingerprint density at radius 3 is 2.38 bits per heavy atom. The SMILES string of the molecule is Cl.NCCc1cc(O)c(Cl)cc1O. The molecule has 0 atom stereocenters. The Hall–Kier alpha value is -0.640. The first-order chi connectivity index (χ1) is 5.65. The first-order valence-corrected chi connectivity index (χ1v) is 3.93. The van der Waals surface area contributed by atoms with E-state index in [0.717, 1.165) is 0 Å². The van der Waals surface area contributed by atoms with Crippen LogP contribution in [0.5, 0.6) is 11.5 Å². The summed E-state index contributed by atoms with van der Waals surface area (Å²) < 4.78 is 0. The van der Waals surface area contributed by atoms with E-state index in [2.05, 4.69) is 0 Å². The minimum atomic E-state index is -0.0297. The molecule has 1 aromatic carbocycles. The van der Waals surface area contributed by atoms with Gasteiger partial charge in [-0.2, -0.15) is 0 Å². The summed E-state index contributed by atoms with van der Waals surface area (Å²) in [7, 11) is 0. The molecule has 1 rings (SSSR count). The van der Waals surface area contributed by atoms with Crippen molar-refractivity contribution in [3.05, 3.63) is 22.7 Å². The fourth-order valence-electron chi connectivity index (χ4n) is 0.950. The van der Waals surface area contributed by atoms with Crippen LogP contribution < -0.4 is 5.73 Å². The van der Waals surface area contributed by atoms with E-state index in [9.17, 15) is 5.11 Å². The van der Waals surface area contributed by atoms with Gasteiger partial charge in [-0.15, -0.1) is 12.4 Å². The van der Waals surface area contributed by atoms with Crippen molar-refractivity contribution in [3.8, 4) is 11.5 Å². The lowest BCUT2D eigenvalue weighted by molar-refractivity contribution is 0.454. The van der Waals surface area contributed by atoms with E-state index in [4.69, 9.17) is 22.4 Å². The molecule has 0 saturated heterocycles. The van der Waals surface area contributed by atoms with Crippen LogP contribution >= 0.6 is 24.0 Å². The molecule has 0 bridgehead atoms. The maximum absolute atomic E-state index is 9.30. The fourth-order valence-corrected chi connectivity index (χ4v) is 1.11. The number of nitrogens with two attached hydrogens (primary N) is 1. The van der Waals surface area contributed by atoms with Crippen LogP contribution in [-0.4, -0.2) is 16.8 Å². The second-order valence-electron chi connectivity index (χ2n) is 2.47. The van der Waals surface area contributed by atoms with Crippen LogP contribution in [0.1, 0.15) is 5.56 Å². The van der Waals surface area contributed by atoms with E-state index in [1.807, 2.05) is 0 Å². The predicted octanol–water partition coefficient (Wildman–Crippen LogP) is 1.67. The van der Waals surface area contributed by atoms with E-state index < -0.39 is 0 Å². The lowest BCUT2D eigenvalue weighted by atomic mass is 10.1. The van der Waals surface area contributed by atoms with Crippen molar-refractivity contribution < 1.29 is 10.2 Å². The highest BCUT2D eigenvalue weighted by atomic mass is 35.5. The molecule has 5 heteroatoms. The van der Waals surface area contributed by atoms with Crippen LogP contribution in [0.15, 0.2) is 12.1 Å². The van der Waals surface area contributed by atoms with Crippen molar-refractivity contribution in [2.75, 3.05) is 6.54 Å². The predicted molar refractivity (Wildman–Crippen MR) is 54.8 cm³/mol. The van der Waals surface area contributed by atoms with Gasteiger partial charge in [-0.3, -0.25) is 0 Å². The van der Waals surface area contributed by atoms with E-state index in [-0.39, 0.29) is 28.9 Å². The molecule has 0 unspecified atom stereocenters. The molecule has 4 N–H and O–H groups in total. The zero-order chi connectivity index (χ0) is 9.14. The van der Waals surface area contributed by atoms with Gasteiger partial charge in [0, 0.05) is 6.07 Å². The highest BCUT2D eigenvalue weighted by Gasteiger charge is 2.05. The third-order valence-corrected chi connectivity index (χ3v) is 1.86. The second kappa shape index (κ2) is 5.17. The molecular weight excluding hydrogens is 213 g/mol. The summed E-state index contributed by atoms with van der Waals surface area (Å²) >= 11 is 5.54. The second-order valence-corrected chi connectivity index (χ2v) is 2.88. The molecular formula is C8H11Cl2NO2. The van der Waals surface area contributed by atoms with Crippen molar-refractivity contribution in [2.45, 2.75) is 6.42 Å². The van der Waals surface area contributed by atoms with Crippen molar-refractivity contribution in [2.24, 2.45) is 5.73 Å². The average molecular weight is 224 g/mol. The van der Waals surface area contributed by atoms with Crippen molar-refractivity contribution >= 4 is 24.0 Å². The summed E-state index contributed by atoms with van der Waals surface area (Å²) in [5, 5.41) is 18.6. The molecule has 0 heterocycles. The van der Waals surface area contributed by atoms with Gasteiger partial charge < -0.3 is 15.9 Å². The van der Waals surface area contributed by atoms with E-state index in [1.165, 1.54) is 12.1 Å². The summed E-state index contributed by atoms with van der Waals surface area (Å²) in [5.41, 5.74) is 5.90. The zero-order valence-corrected chi connectivity index (χ0v) is 8.40. The normalized spacial score (nSPS) is 9.38. The molecule has 0 aliphatic carbocycles. The van der Waals surface area contributed by atoms with Crippen LogP contribution in [0.4, 0.5) is 0 Å². The van der Waals surface area contributed by atoms with Crippen molar-refractivity contribution in [1.82, 2.24) is 0 Å². The van der Waals surface area contributed by atoms with Crippen molar-refractivity contribution in [3.63, 3.8) is 0 Å². The Bertz CT molecular complexity index is 292. The molecule has 1 aromatic rings. The monoisotopic (exact) mass is 223 g/mol. The van der Waals surface area contributed by atoms with E-state index >= 15 is 0 Å². The van der Waals surface area contributed by atoms with Crippen LogP contribution in [0, 0.1) is 0 Å². The van der Waals surface area contributed by atoms with E-state index in [1.54, 1.807) is 0 Å². The molecule has 0 aromatic heterocycles. The number of rotatable bonds is 2. The average Bonchev–Trinajstić information content (AvgIpc) is 2.01. The number of benzene rings is 1. The van der Waals surface area contributed by atoms with Gasteiger partial charge in [0.15, 0.2) is 0 Å². The maximum Gasteiger partial charge on any atom is 0.134 e. The summed E-state index contributed by atoms with van der Waals surface area (Å²) in [6, 6.07) is 2.73. The molecule has 0 aliphatic rings. The molecule has 0 radical (unpaired) electrons. The van der Waals surface area contributed by atoms with Gasteiger partial charge in [0.25, 0.3) is 0 Å². The third kappa shape index (κ3) is 2.95. The molecule has 13 heavy (non-hydrogen) atoms. The summed E-state index contributed by atoms with van der Waals surface area (Å²) in [6.07, 6.45) is 0.524. The number of aromatic hydroxyl groups is 2. The lowest BCUT2D eigenvalue weighted by Gasteiger charge is -2.04. The van der Waals surface area contributed by atoms with Crippen LogP contribution in [0.3, 0.4) is 0 Å². The van der Waals surface area contributed by atoms with Gasteiger partial charge in [-0.25, -0.2) is 0 Å². The Labute approximate surface area is 87.5 Å². The number of halogens is 2. The smallest absolute Gasteiger partial charge is 0.134 e. The number of phenolic OH excluding ortho intramolecular Hbond substituents is 2. The standard InChI is InChI=1S/C8H10ClNO2.ClH/c9-6-4-7(11)5(1-2-10)3-8(6)12;/h3-4,11-12H,1-2,10H2;1H. The van der Waals surface area contributed by atoms with Gasteiger partial charge in [0.2, 0.25) is 0 Å². The van der Waals surface area contributed by atoms with Crippen LogP contribution in [0.2, 0.25) is 5.02 Å². The first kappa shape index (κ1) is 12.4. The zero-order valence-electron chi connectivity index (χ0n) is 6.83. The number of hydrogen-bond donors (Lipinski definition) is 3.